The lowest BCUT2D eigenvalue weighted by atomic mass is 10.0. The number of aliphatic hydroxyl groups excluding tert-OH is 1. The molecule has 1 amide bonds. The fourth-order valence-corrected chi connectivity index (χ4v) is 0.959. The third-order valence-corrected chi connectivity index (χ3v) is 2.74. The summed E-state index contributed by atoms with van der Waals surface area (Å²) in [5.41, 5.74) is -0.0212. The van der Waals surface area contributed by atoms with Crippen LogP contribution < -0.4 is 5.32 Å². The van der Waals surface area contributed by atoms with Gasteiger partial charge in [0.25, 0.3) is 0 Å². The number of nitrogens with one attached hydrogen (secondary N) is 1. The predicted octanol–water partition coefficient (Wildman–Crippen LogP) is 0.605. The quantitative estimate of drug-likeness (QED) is 0.613. The average molecular weight is 216 g/mol. The van der Waals surface area contributed by atoms with Crippen molar-refractivity contribution in [1.82, 2.24) is 10.2 Å². The van der Waals surface area contributed by atoms with Crippen LogP contribution in [0, 0.1) is 0 Å². The molecule has 0 rings (SSSR count). The van der Waals surface area contributed by atoms with Crippen LogP contribution >= 0.6 is 0 Å². The predicted molar refractivity (Wildman–Crippen MR) is 61.7 cm³/mol. The van der Waals surface area contributed by atoms with Gasteiger partial charge in [-0.25, -0.2) is 0 Å². The minimum absolute atomic E-state index is 0.0212. The Hall–Kier alpha value is -0.610. The minimum Gasteiger partial charge on any atom is -0.396 e. The molecule has 0 aliphatic carbocycles. The number of carbonyl (C=O) groups is 1. The van der Waals surface area contributed by atoms with E-state index in [-0.39, 0.29) is 18.1 Å². The number of aliphatic hydroxyl groups is 1. The van der Waals surface area contributed by atoms with Crippen molar-refractivity contribution in [2.24, 2.45) is 0 Å². The molecule has 4 heteroatoms. The average Bonchev–Trinajstić information content (AvgIpc) is 2.15. The van der Waals surface area contributed by atoms with Crippen molar-refractivity contribution in [3.05, 3.63) is 0 Å². The second-order valence-corrected chi connectivity index (χ2v) is 4.66. The lowest BCUT2D eigenvalue weighted by molar-refractivity contribution is -0.121. The topological polar surface area (TPSA) is 52.6 Å². The summed E-state index contributed by atoms with van der Waals surface area (Å²) in [6, 6.07) is 0. The van der Waals surface area contributed by atoms with Gasteiger partial charge in [0.15, 0.2) is 0 Å². The summed E-state index contributed by atoms with van der Waals surface area (Å²) in [7, 11) is 4.00. The van der Waals surface area contributed by atoms with E-state index in [9.17, 15) is 4.79 Å². The van der Waals surface area contributed by atoms with Gasteiger partial charge in [0.05, 0.1) is 0 Å². The maximum absolute atomic E-state index is 11.4. The van der Waals surface area contributed by atoms with Crippen molar-refractivity contribution in [3.63, 3.8) is 0 Å². The lowest BCUT2D eigenvalue weighted by Gasteiger charge is -2.32. The Morgan fingerprint density at radius 3 is 2.40 bits per heavy atom. The molecule has 2 N–H and O–H groups in total. The van der Waals surface area contributed by atoms with Gasteiger partial charge >= 0.3 is 0 Å². The maximum atomic E-state index is 11.4. The van der Waals surface area contributed by atoms with Crippen molar-refractivity contribution in [2.45, 2.75) is 38.6 Å². The van der Waals surface area contributed by atoms with Gasteiger partial charge in [0.2, 0.25) is 5.91 Å². The fourth-order valence-electron chi connectivity index (χ4n) is 0.959. The van der Waals surface area contributed by atoms with Crippen LogP contribution in [0.25, 0.3) is 0 Å². The first-order chi connectivity index (χ1) is 6.90. The van der Waals surface area contributed by atoms with Crippen LogP contribution in [-0.2, 0) is 4.79 Å². The van der Waals surface area contributed by atoms with E-state index in [4.69, 9.17) is 5.11 Å². The van der Waals surface area contributed by atoms with E-state index in [0.29, 0.717) is 19.4 Å². The van der Waals surface area contributed by atoms with Crippen molar-refractivity contribution in [1.29, 1.82) is 0 Å². The van der Waals surface area contributed by atoms with Crippen molar-refractivity contribution < 1.29 is 9.90 Å². The molecule has 0 unspecified atom stereocenters. The second kappa shape index (κ2) is 6.80. The summed E-state index contributed by atoms with van der Waals surface area (Å²) in [6.45, 7) is 4.98. The zero-order valence-corrected chi connectivity index (χ0v) is 10.3. The highest BCUT2D eigenvalue weighted by molar-refractivity contribution is 5.75. The summed E-state index contributed by atoms with van der Waals surface area (Å²) >= 11 is 0. The van der Waals surface area contributed by atoms with E-state index < -0.39 is 0 Å². The van der Waals surface area contributed by atoms with Crippen molar-refractivity contribution >= 4 is 5.91 Å². The number of hydrogen-bond donors (Lipinski definition) is 2. The second-order valence-electron chi connectivity index (χ2n) is 4.66. The summed E-state index contributed by atoms with van der Waals surface area (Å²) in [6.07, 6.45) is 1.96. The molecular formula is C11H24N2O2. The van der Waals surface area contributed by atoms with Crippen LogP contribution in [0.5, 0.6) is 0 Å². The molecule has 0 aromatic heterocycles. The third-order valence-electron chi connectivity index (χ3n) is 2.74. The van der Waals surface area contributed by atoms with Gasteiger partial charge in [-0.05, 0) is 40.8 Å². The Kier molecular flexibility index (Phi) is 6.52. The van der Waals surface area contributed by atoms with E-state index in [1.54, 1.807) is 0 Å². The van der Waals surface area contributed by atoms with Crippen LogP contribution in [0.2, 0.25) is 0 Å². The molecule has 0 heterocycles. The molecule has 0 aliphatic heterocycles. The first-order valence-electron chi connectivity index (χ1n) is 5.45. The molecule has 0 atom stereocenters. The maximum Gasteiger partial charge on any atom is 0.220 e. The van der Waals surface area contributed by atoms with E-state index in [2.05, 4.69) is 24.1 Å². The molecule has 0 aromatic rings. The molecule has 0 aromatic carbocycles. The molecule has 4 nitrogen and oxygen atoms in total. The van der Waals surface area contributed by atoms with E-state index >= 15 is 0 Å². The fraction of sp³-hybridized carbons (Fsp3) is 0.909. The zero-order valence-electron chi connectivity index (χ0n) is 10.3. The SMILES string of the molecule is CN(C)C(C)(C)CNC(=O)CCCCO. The van der Waals surface area contributed by atoms with Crippen LogP contribution in [0.1, 0.15) is 33.1 Å². The molecule has 0 saturated heterocycles. The number of likely N-dealkylation sites (N-methyl/N-ethyl adjacent to an activating group) is 1. The highest BCUT2D eigenvalue weighted by Gasteiger charge is 2.20. The molecule has 0 spiro atoms. The number of nitrogens with zero attached hydrogens (tertiary/aromatic N) is 1. The summed E-state index contributed by atoms with van der Waals surface area (Å²) in [5, 5.41) is 11.5. The van der Waals surface area contributed by atoms with E-state index in [1.165, 1.54) is 0 Å². The normalized spacial score (nSPS) is 11.9. The Balaban J connectivity index is 3.71. The van der Waals surface area contributed by atoms with Crippen LogP contribution in [0.3, 0.4) is 0 Å². The number of unbranched alkanes of at least 4 members (excludes halogenated alkanes) is 1. The molecule has 0 radical (unpaired) electrons. The molecule has 0 aliphatic rings. The third kappa shape index (κ3) is 6.47. The minimum atomic E-state index is -0.0212. The molecule has 0 bridgehead atoms. The summed E-state index contributed by atoms with van der Waals surface area (Å²) in [4.78, 5) is 13.5. The first-order valence-corrected chi connectivity index (χ1v) is 5.45. The Morgan fingerprint density at radius 1 is 1.33 bits per heavy atom. The van der Waals surface area contributed by atoms with Crippen LogP contribution in [0.15, 0.2) is 0 Å². The Morgan fingerprint density at radius 2 is 1.93 bits per heavy atom. The smallest absolute Gasteiger partial charge is 0.220 e. The number of rotatable bonds is 7. The zero-order chi connectivity index (χ0) is 11.9. The molecule has 90 valence electrons. The molecule has 0 fully saturated rings. The molecule has 15 heavy (non-hydrogen) atoms. The number of hydrogen-bond acceptors (Lipinski definition) is 3. The van der Waals surface area contributed by atoms with E-state index in [0.717, 1.165) is 6.42 Å². The first kappa shape index (κ1) is 14.4. The van der Waals surface area contributed by atoms with Crippen LogP contribution in [0.4, 0.5) is 0 Å². The highest BCUT2D eigenvalue weighted by atomic mass is 16.2. The Bertz CT molecular complexity index is 191. The summed E-state index contributed by atoms with van der Waals surface area (Å²) < 4.78 is 0. The van der Waals surface area contributed by atoms with Gasteiger partial charge in [-0.3, -0.25) is 4.79 Å². The standard InChI is InChI=1S/C11H24N2O2/c1-11(2,13(3)4)9-12-10(15)7-5-6-8-14/h14H,5-9H2,1-4H3,(H,12,15). The molecule has 0 saturated carbocycles. The highest BCUT2D eigenvalue weighted by Crippen LogP contribution is 2.07. The number of carbonyl (C=O) groups excluding carboxylic acids is 1. The largest absolute Gasteiger partial charge is 0.396 e. The van der Waals surface area contributed by atoms with Gasteiger partial charge < -0.3 is 15.3 Å². The van der Waals surface area contributed by atoms with Crippen molar-refractivity contribution in [3.8, 4) is 0 Å². The Labute approximate surface area is 92.7 Å². The van der Waals surface area contributed by atoms with Gasteiger partial charge in [0.1, 0.15) is 0 Å². The van der Waals surface area contributed by atoms with Gasteiger partial charge in [0, 0.05) is 25.1 Å². The van der Waals surface area contributed by atoms with Gasteiger partial charge in [-0.15, -0.1) is 0 Å². The lowest BCUT2D eigenvalue weighted by Crippen LogP contribution is -2.48. The van der Waals surface area contributed by atoms with Gasteiger partial charge in [-0.1, -0.05) is 0 Å². The monoisotopic (exact) mass is 216 g/mol. The van der Waals surface area contributed by atoms with Gasteiger partial charge in [-0.2, -0.15) is 0 Å². The van der Waals surface area contributed by atoms with Crippen molar-refractivity contribution in [2.75, 3.05) is 27.2 Å². The molecular weight excluding hydrogens is 192 g/mol. The number of amides is 1. The van der Waals surface area contributed by atoms with Crippen LogP contribution in [-0.4, -0.2) is 48.7 Å². The summed E-state index contributed by atoms with van der Waals surface area (Å²) in [5.74, 6) is 0.0679. The van der Waals surface area contributed by atoms with E-state index in [1.807, 2.05) is 14.1 Å².